The van der Waals surface area contributed by atoms with Crippen molar-refractivity contribution in [1.29, 1.82) is 0 Å². The molecule has 0 fully saturated rings. The molecule has 1 heterocycles. The maximum absolute atomic E-state index is 13.1. The number of hydrogen-bond acceptors (Lipinski definition) is 5. The SMILES string of the molecule is CCN(c1ccccc1)S(=O)(=O)c1cccc(C(=O)NCCc2nccs2)c1. The van der Waals surface area contributed by atoms with E-state index < -0.39 is 10.0 Å². The Morgan fingerprint density at radius 3 is 2.61 bits per heavy atom. The van der Waals surface area contributed by atoms with Crippen LogP contribution in [-0.2, 0) is 16.4 Å². The minimum absolute atomic E-state index is 0.0887. The zero-order chi connectivity index (χ0) is 20.0. The molecule has 0 aliphatic carbocycles. The van der Waals surface area contributed by atoms with Crippen LogP contribution in [0.5, 0.6) is 0 Å². The van der Waals surface area contributed by atoms with Crippen LogP contribution in [0.15, 0.2) is 71.1 Å². The third kappa shape index (κ3) is 4.58. The lowest BCUT2D eigenvalue weighted by molar-refractivity contribution is 0.0954. The van der Waals surface area contributed by atoms with E-state index in [4.69, 9.17) is 0 Å². The minimum Gasteiger partial charge on any atom is -0.352 e. The molecule has 2 aromatic carbocycles. The number of rotatable bonds is 8. The lowest BCUT2D eigenvalue weighted by Crippen LogP contribution is -2.31. The normalized spacial score (nSPS) is 11.2. The molecule has 28 heavy (non-hydrogen) atoms. The lowest BCUT2D eigenvalue weighted by Gasteiger charge is -2.23. The number of para-hydroxylation sites is 1. The Morgan fingerprint density at radius 1 is 1.14 bits per heavy atom. The second-order valence-electron chi connectivity index (χ2n) is 5.96. The Hall–Kier alpha value is -2.71. The van der Waals surface area contributed by atoms with Crippen molar-refractivity contribution in [2.45, 2.75) is 18.2 Å². The maximum atomic E-state index is 13.1. The third-order valence-electron chi connectivity index (χ3n) is 4.12. The van der Waals surface area contributed by atoms with E-state index in [0.717, 1.165) is 5.01 Å². The molecular formula is C20H21N3O3S2. The van der Waals surface area contributed by atoms with Gasteiger partial charge in [0.1, 0.15) is 0 Å². The van der Waals surface area contributed by atoms with Crippen molar-refractivity contribution in [1.82, 2.24) is 10.3 Å². The van der Waals surface area contributed by atoms with Crippen molar-refractivity contribution >= 4 is 33.0 Å². The van der Waals surface area contributed by atoms with E-state index in [-0.39, 0.29) is 17.3 Å². The van der Waals surface area contributed by atoms with E-state index in [9.17, 15) is 13.2 Å². The number of aromatic nitrogens is 1. The molecule has 0 saturated heterocycles. The van der Waals surface area contributed by atoms with Crippen LogP contribution < -0.4 is 9.62 Å². The Bertz CT molecular complexity index is 1020. The van der Waals surface area contributed by atoms with E-state index in [0.29, 0.717) is 24.2 Å². The number of nitrogens with zero attached hydrogens (tertiary/aromatic N) is 2. The molecule has 0 spiro atoms. The van der Waals surface area contributed by atoms with Crippen LogP contribution in [0.25, 0.3) is 0 Å². The van der Waals surface area contributed by atoms with Crippen LogP contribution in [0.3, 0.4) is 0 Å². The van der Waals surface area contributed by atoms with Gasteiger partial charge in [0.25, 0.3) is 15.9 Å². The first-order chi connectivity index (χ1) is 13.5. The standard InChI is InChI=1S/C20H21N3O3S2/c1-2-23(17-8-4-3-5-9-17)28(25,26)18-10-6-7-16(15-18)20(24)22-12-11-19-21-13-14-27-19/h3-10,13-15H,2,11-12H2,1H3,(H,22,24). The Kier molecular flexibility index (Phi) is 6.43. The average Bonchev–Trinajstić information content (AvgIpc) is 3.23. The number of nitrogens with one attached hydrogen (secondary N) is 1. The summed E-state index contributed by atoms with van der Waals surface area (Å²) in [5.41, 5.74) is 0.896. The number of thiazole rings is 1. The van der Waals surface area contributed by atoms with Gasteiger partial charge in [0.15, 0.2) is 0 Å². The summed E-state index contributed by atoms with van der Waals surface area (Å²) in [5, 5.41) is 5.64. The van der Waals surface area contributed by atoms with Crippen LogP contribution in [0.2, 0.25) is 0 Å². The fourth-order valence-corrected chi connectivity index (χ4v) is 4.91. The van der Waals surface area contributed by atoms with Crippen molar-refractivity contribution in [2.75, 3.05) is 17.4 Å². The predicted molar refractivity (Wildman–Crippen MR) is 111 cm³/mol. The topological polar surface area (TPSA) is 79.4 Å². The van der Waals surface area contributed by atoms with Crippen LogP contribution in [0.4, 0.5) is 5.69 Å². The molecule has 1 aromatic heterocycles. The van der Waals surface area contributed by atoms with Gasteiger partial charge in [-0.15, -0.1) is 11.3 Å². The Morgan fingerprint density at radius 2 is 1.93 bits per heavy atom. The van der Waals surface area contributed by atoms with Gasteiger partial charge in [0.2, 0.25) is 0 Å². The van der Waals surface area contributed by atoms with Crippen molar-refractivity contribution in [3.05, 3.63) is 76.7 Å². The van der Waals surface area contributed by atoms with Gasteiger partial charge in [-0.05, 0) is 37.3 Å². The second-order valence-corrected chi connectivity index (χ2v) is 8.81. The number of anilines is 1. The molecule has 146 valence electrons. The lowest BCUT2D eigenvalue weighted by atomic mass is 10.2. The Balaban J connectivity index is 1.76. The Labute approximate surface area is 168 Å². The van der Waals surface area contributed by atoms with Crippen LogP contribution in [-0.4, -0.2) is 32.4 Å². The van der Waals surface area contributed by atoms with Gasteiger partial charge in [0, 0.05) is 36.7 Å². The van der Waals surface area contributed by atoms with Gasteiger partial charge >= 0.3 is 0 Å². The number of carbonyl (C=O) groups excluding carboxylic acids is 1. The maximum Gasteiger partial charge on any atom is 0.264 e. The first-order valence-electron chi connectivity index (χ1n) is 8.87. The summed E-state index contributed by atoms with van der Waals surface area (Å²) in [6.45, 7) is 2.50. The van der Waals surface area contributed by atoms with Crippen LogP contribution in [0, 0.1) is 0 Å². The quantitative estimate of drug-likeness (QED) is 0.612. The highest BCUT2D eigenvalue weighted by molar-refractivity contribution is 7.92. The van der Waals surface area contributed by atoms with Gasteiger partial charge in [-0.1, -0.05) is 24.3 Å². The summed E-state index contributed by atoms with van der Waals surface area (Å²) in [5.74, 6) is -0.309. The van der Waals surface area contributed by atoms with E-state index in [1.54, 1.807) is 49.5 Å². The summed E-state index contributed by atoms with van der Waals surface area (Å²) in [7, 11) is -3.77. The van der Waals surface area contributed by atoms with E-state index in [2.05, 4.69) is 10.3 Å². The molecule has 1 amide bonds. The smallest absolute Gasteiger partial charge is 0.264 e. The van der Waals surface area contributed by atoms with E-state index >= 15 is 0 Å². The van der Waals surface area contributed by atoms with E-state index in [1.165, 1.54) is 27.8 Å². The largest absolute Gasteiger partial charge is 0.352 e. The number of amides is 1. The van der Waals surface area contributed by atoms with Gasteiger partial charge in [-0.25, -0.2) is 13.4 Å². The number of sulfonamides is 1. The van der Waals surface area contributed by atoms with E-state index in [1.807, 2.05) is 11.4 Å². The first kappa shape index (κ1) is 20.0. The highest BCUT2D eigenvalue weighted by atomic mass is 32.2. The molecule has 0 unspecified atom stereocenters. The fraction of sp³-hybridized carbons (Fsp3) is 0.200. The van der Waals surface area contributed by atoms with Gasteiger partial charge in [-0.3, -0.25) is 9.10 Å². The molecule has 0 aliphatic heterocycles. The molecule has 0 saturated carbocycles. The molecule has 0 atom stereocenters. The number of carbonyl (C=O) groups is 1. The summed E-state index contributed by atoms with van der Waals surface area (Å²) >= 11 is 1.53. The molecule has 8 heteroatoms. The van der Waals surface area contributed by atoms with Gasteiger partial charge in [-0.2, -0.15) is 0 Å². The molecule has 3 rings (SSSR count). The molecule has 3 aromatic rings. The van der Waals surface area contributed by atoms with Crippen molar-refractivity contribution in [3.63, 3.8) is 0 Å². The van der Waals surface area contributed by atoms with Crippen molar-refractivity contribution < 1.29 is 13.2 Å². The highest BCUT2D eigenvalue weighted by Gasteiger charge is 2.24. The van der Waals surface area contributed by atoms with Gasteiger partial charge in [0.05, 0.1) is 15.6 Å². The summed E-state index contributed by atoms with van der Waals surface area (Å²) in [4.78, 5) is 16.7. The molecule has 6 nitrogen and oxygen atoms in total. The zero-order valence-corrected chi connectivity index (χ0v) is 17.0. The number of hydrogen-bond donors (Lipinski definition) is 1. The summed E-state index contributed by atoms with van der Waals surface area (Å²) in [6, 6.07) is 15.0. The molecule has 1 N–H and O–H groups in total. The second kappa shape index (κ2) is 8.99. The van der Waals surface area contributed by atoms with Crippen molar-refractivity contribution in [2.24, 2.45) is 0 Å². The monoisotopic (exact) mass is 415 g/mol. The van der Waals surface area contributed by atoms with Crippen molar-refractivity contribution in [3.8, 4) is 0 Å². The van der Waals surface area contributed by atoms with Crippen LogP contribution >= 0.6 is 11.3 Å². The molecule has 0 bridgehead atoms. The first-order valence-corrected chi connectivity index (χ1v) is 11.2. The molecule has 0 aliphatic rings. The average molecular weight is 416 g/mol. The van der Waals surface area contributed by atoms with Gasteiger partial charge < -0.3 is 5.32 Å². The number of benzene rings is 2. The molecular weight excluding hydrogens is 394 g/mol. The summed E-state index contributed by atoms with van der Waals surface area (Å²) < 4.78 is 27.5. The fourth-order valence-electron chi connectivity index (χ4n) is 2.77. The highest BCUT2D eigenvalue weighted by Crippen LogP contribution is 2.23. The van der Waals surface area contributed by atoms with Crippen LogP contribution in [0.1, 0.15) is 22.3 Å². The summed E-state index contributed by atoms with van der Waals surface area (Å²) in [6.07, 6.45) is 2.36. The minimum atomic E-state index is -3.77. The predicted octanol–water partition coefficient (Wildman–Crippen LogP) is 3.33. The molecule has 0 radical (unpaired) electrons. The zero-order valence-electron chi connectivity index (χ0n) is 15.4. The third-order valence-corrected chi connectivity index (χ3v) is 6.86.